The smallest absolute Gasteiger partial charge is 0.150 e. The maximum atomic E-state index is 11.7. The number of nitrogens with two attached hydrogens (primary N) is 1. The number of rotatable bonds is 5. The molecule has 1 saturated carbocycles. The van der Waals surface area contributed by atoms with Crippen LogP contribution in [0.2, 0.25) is 0 Å². The van der Waals surface area contributed by atoms with Gasteiger partial charge in [0.2, 0.25) is 0 Å². The summed E-state index contributed by atoms with van der Waals surface area (Å²) in [6, 6.07) is 10.7. The predicted octanol–water partition coefficient (Wildman–Crippen LogP) is 2.72. The molecular weight excluding hydrogens is 270 g/mol. The third-order valence-corrected chi connectivity index (χ3v) is 6.29. The van der Waals surface area contributed by atoms with Crippen LogP contribution in [0, 0.1) is 5.92 Å². The van der Waals surface area contributed by atoms with E-state index in [2.05, 4.69) is 24.3 Å². The van der Waals surface area contributed by atoms with Crippen LogP contribution < -0.4 is 5.73 Å². The van der Waals surface area contributed by atoms with E-state index in [0.29, 0.717) is 18.3 Å². The summed E-state index contributed by atoms with van der Waals surface area (Å²) < 4.78 is 23.3. The predicted molar refractivity (Wildman–Crippen MR) is 83.4 cm³/mol. The standard InChI is InChI=1S/C16H25NO2S/c1-2-20(18,19)11-10-15-12-14(8-9-16(15)17)13-6-4-3-5-7-13/h3-7,14-16H,2,8-12,17H2,1H3. The fraction of sp³-hybridized carbons (Fsp3) is 0.625. The van der Waals surface area contributed by atoms with Gasteiger partial charge in [-0.15, -0.1) is 0 Å². The van der Waals surface area contributed by atoms with Crippen molar-refractivity contribution >= 4 is 9.84 Å². The van der Waals surface area contributed by atoms with Crippen LogP contribution in [0.3, 0.4) is 0 Å². The van der Waals surface area contributed by atoms with Gasteiger partial charge in [-0.05, 0) is 43.1 Å². The van der Waals surface area contributed by atoms with E-state index in [-0.39, 0.29) is 17.5 Å². The summed E-state index contributed by atoms with van der Waals surface area (Å²) in [6.45, 7) is 1.71. The summed E-state index contributed by atoms with van der Waals surface area (Å²) in [5.74, 6) is 1.38. The van der Waals surface area contributed by atoms with Gasteiger partial charge in [-0.1, -0.05) is 37.3 Å². The summed E-state index contributed by atoms with van der Waals surface area (Å²) in [4.78, 5) is 0. The molecule has 3 nitrogen and oxygen atoms in total. The Morgan fingerprint density at radius 2 is 1.90 bits per heavy atom. The molecule has 2 N–H and O–H groups in total. The summed E-state index contributed by atoms with van der Waals surface area (Å²) >= 11 is 0. The first-order valence-electron chi connectivity index (χ1n) is 7.53. The molecule has 4 heteroatoms. The molecule has 0 saturated heterocycles. The normalized spacial score (nSPS) is 27.4. The molecule has 1 aliphatic rings. The van der Waals surface area contributed by atoms with Crippen molar-refractivity contribution in [1.29, 1.82) is 0 Å². The quantitative estimate of drug-likeness (QED) is 0.908. The topological polar surface area (TPSA) is 60.2 Å². The van der Waals surface area contributed by atoms with Gasteiger partial charge in [-0.25, -0.2) is 8.42 Å². The maximum absolute atomic E-state index is 11.7. The first kappa shape index (κ1) is 15.5. The lowest BCUT2D eigenvalue weighted by molar-refractivity contribution is 0.272. The Balaban J connectivity index is 1.98. The van der Waals surface area contributed by atoms with Gasteiger partial charge in [0.1, 0.15) is 9.84 Å². The molecule has 0 aromatic heterocycles. The van der Waals surface area contributed by atoms with Crippen molar-refractivity contribution < 1.29 is 8.42 Å². The van der Waals surface area contributed by atoms with E-state index < -0.39 is 9.84 Å². The van der Waals surface area contributed by atoms with E-state index >= 15 is 0 Å². The van der Waals surface area contributed by atoms with Crippen molar-refractivity contribution in [2.24, 2.45) is 11.7 Å². The van der Waals surface area contributed by atoms with Crippen molar-refractivity contribution in [2.45, 2.75) is 44.6 Å². The second kappa shape index (κ2) is 6.72. The average Bonchev–Trinajstić information content (AvgIpc) is 2.47. The van der Waals surface area contributed by atoms with E-state index in [1.807, 2.05) is 6.07 Å². The van der Waals surface area contributed by atoms with Crippen LogP contribution >= 0.6 is 0 Å². The number of benzene rings is 1. The Hall–Kier alpha value is -0.870. The maximum Gasteiger partial charge on any atom is 0.150 e. The van der Waals surface area contributed by atoms with Crippen molar-refractivity contribution in [2.75, 3.05) is 11.5 Å². The summed E-state index contributed by atoms with van der Waals surface area (Å²) in [5, 5.41) is 0. The zero-order valence-electron chi connectivity index (χ0n) is 12.2. The van der Waals surface area contributed by atoms with Crippen LogP contribution in [0.5, 0.6) is 0 Å². The van der Waals surface area contributed by atoms with Crippen LogP contribution in [-0.4, -0.2) is 26.0 Å². The van der Waals surface area contributed by atoms with Crippen molar-refractivity contribution in [3.63, 3.8) is 0 Å². The largest absolute Gasteiger partial charge is 0.327 e. The molecule has 0 spiro atoms. The Morgan fingerprint density at radius 1 is 1.20 bits per heavy atom. The molecule has 0 heterocycles. The second-order valence-corrected chi connectivity index (χ2v) is 8.34. The molecule has 0 radical (unpaired) electrons. The minimum Gasteiger partial charge on any atom is -0.327 e. The number of sulfone groups is 1. The minimum absolute atomic E-state index is 0.155. The van der Waals surface area contributed by atoms with Crippen LogP contribution in [0.25, 0.3) is 0 Å². The molecule has 112 valence electrons. The van der Waals surface area contributed by atoms with E-state index in [9.17, 15) is 8.42 Å². The van der Waals surface area contributed by atoms with Crippen LogP contribution in [0.1, 0.15) is 44.1 Å². The van der Waals surface area contributed by atoms with E-state index in [1.54, 1.807) is 6.92 Å². The van der Waals surface area contributed by atoms with Crippen LogP contribution in [0.15, 0.2) is 30.3 Å². The molecule has 0 aliphatic heterocycles. The monoisotopic (exact) mass is 295 g/mol. The third kappa shape index (κ3) is 4.06. The lowest BCUT2D eigenvalue weighted by atomic mass is 9.74. The van der Waals surface area contributed by atoms with Gasteiger partial charge < -0.3 is 5.73 Å². The fourth-order valence-electron chi connectivity index (χ4n) is 3.12. The summed E-state index contributed by atoms with van der Waals surface area (Å²) in [5.41, 5.74) is 7.56. The van der Waals surface area contributed by atoms with Gasteiger partial charge >= 0.3 is 0 Å². The molecule has 2 rings (SSSR count). The molecule has 3 unspecified atom stereocenters. The highest BCUT2D eigenvalue weighted by molar-refractivity contribution is 7.91. The van der Waals surface area contributed by atoms with Gasteiger partial charge in [0, 0.05) is 11.8 Å². The molecule has 0 amide bonds. The average molecular weight is 295 g/mol. The van der Waals surface area contributed by atoms with Crippen molar-refractivity contribution in [3.05, 3.63) is 35.9 Å². The first-order valence-corrected chi connectivity index (χ1v) is 9.35. The highest BCUT2D eigenvalue weighted by Gasteiger charge is 2.29. The first-order chi connectivity index (χ1) is 9.52. The van der Waals surface area contributed by atoms with Crippen LogP contribution in [-0.2, 0) is 9.84 Å². The Labute approximate surface area is 122 Å². The molecule has 3 atom stereocenters. The highest BCUT2D eigenvalue weighted by Crippen LogP contribution is 2.37. The molecule has 20 heavy (non-hydrogen) atoms. The Kier molecular flexibility index (Phi) is 5.22. The summed E-state index contributed by atoms with van der Waals surface area (Å²) in [7, 11) is -2.88. The zero-order valence-corrected chi connectivity index (χ0v) is 13.0. The lowest BCUT2D eigenvalue weighted by Gasteiger charge is -2.34. The summed E-state index contributed by atoms with van der Waals surface area (Å²) in [6.07, 6.45) is 3.84. The molecule has 1 aliphatic carbocycles. The van der Waals surface area contributed by atoms with Gasteiger partial charge in [0.15, 0.2) is 0 Å². The molecule has 1 fully saturated rings. The second-order valence-electron chi connectivity index (χ2n) is 5.87. The molecule has 1 aromatic rings. The van der Waals surface area contributed by atoms with Crippen molar-refractivity contribution in [1.82, 2.24) is 0 Å². The van der Waals surface area contributed by atoms with E-state index in [0.717, 1.165) is 19.3 Å². The van der Waals surface area contributed by atoms with Crippen molar-refractivity contribution in [3.8, 4) is 0 Å². The van der Waals surface area contributed by atoms with Gasteiger partial charge in [0.25, 0.3) is 0 Å². The van der Waals surface area contributed by atoms with Gasteiger partial charge in [-0.2, -0.15) is 0 Å². The third-order valence-electron chi connectivity index (χ3n) is 4.55. The zero-order chi connectivity index (χ0) is 14.6. The van der Waals surface area contributed by atoms with Crippen LogP contribution in [0.4, 0.5) is 0 Å². The molecule has 0 bridgehead atoms. The fourth-order valence-corrected chi connectivity index (χ4v) is 4.07. The Bertz CT molecular complexity index is 513. The number of hydrogen-bond donors (Lipinski definition) is 1. The SMILES string of the molecule is CCS(=O)(=O)CCC1CC(c2ccccc2)CCC1N. The minimum atomic E-state index is -2.88. The number of hydrogen-bond acceptors (Lipinski definition) is 3. The van der Waals surface area contributed by atoms with E-state index in [1.165, 1.54) is 5.56 Å². The molecule has 1 aromatic carbocycles. The van der Waals surface area contributed by atoms with Gasteiger partial charge in [-0.3, -0.25) is 0 Å². The Morgan fingerprint density at radius 3 is 2.55 bits per heavy atom. The van der Waals surface area contributed by atoms with Gasteiger partial charge in [0.05, 0.1) is 5.75 Å². The lowest BCUT2D eigenvalue weighted by Crippen LogP contribution is -2.36. The molecular formula is C16H25NO2S. The highest BCUT2D eigenvalue weighted by atomic mass is 32.2. The van der Waals surface area contributed by atoms with E-state index in [4.69, 9.17) is 5.73 Å².